The average molecular weight is 395 g/mol. The Morgan fingerprint density at radius 1 is 0.857 bits per heavy atom. The van der Waals surface area contributed by atoms with Crippen LogP contribution in [0.3, 0.4) is 0 Å². The minimum atomic E-state index is -0.185. The highest BCUT2D eigenvalue weighted by atomic mass is 16.2. The van der Waals surface area contributed by atoms with Crippen molar-refractivity contribution in [3.8, 4) is 0 Å². The molecule has 0 atom stereocenters. The molecule has 0 saturated carbocycles. The number of amides is 4. The first-order valence-corrected chi connectivity index (χ1v) is 9.58. The van der Waals surface area contributed by atoms with Crippen LogP contribution in [0.4, 0.5) is 0 Å². The number of hydrogen-bond acceptors (Lipinski definition) is 4. The topological polar surface area (TPSA) is 98.8 Å². The summed E-state index contributed by atoms with van der Waals surface area (Å²) in [5, 5.41) is 5.32. The molecular weight excluding hydrogens is 360 g/mol. The van der Waals surface area contributed by atoms with Crippen LogP contribution in [0.2, 0.25) is 0 Å². The largest absolute Gasteiger partial charge is 0.359 e. The van der Waals surface area contributed by atoms with Crippen molar-refractivity contribution in [1.29, 1.82) is 0 Å². The zero-order chi connectivity index (χ0) is 21.4. The van der Waals surface area contributed by atoms with Gasteiger partial charge in [-0.1, -0.05) is 13.2 Å². The van der Waals surface area contributed by atoms with Crippen LogP contribution in [0.25, 0.3) is 0 Å². The molecule has 28 heavy (non-hydrogen) atoms. The monoisotopic (exact) mass is 394 g/mol. The second-order valence-corrected chi connectivity index (χ2v) is 6.74. The van der Waals surface area contributed by atoms with Gasteiger partial charge in [0.25, 0.3) is 0 Å². The molecule has 0 aliphatic heterocycles. The third-order valence-electron chi connectivity index (χ3n) is 4.05. The van der Waals surface area contributed by atoms with E-state index in [9.17, 15) is 19.2 Å². The van der Waals surface area contributed by atoms with Gasteiger partial charge in [0.15, 0.2) is 0 Å². The molecule has 0 aromatic heterocycles. The Morgan fingerprint density at radius 3 is 2.00 bits per heavy atom. The zero-order valence-electron chi connectivity index (χ0n) is 17.2. The second kappa shape index (κ2) is 15.4. The molecule has 0 spiro atoms. The summed E-state index contributed by atoms with van der Waals surface area (Å²) in [6, 6.07) is 0. The van der Waals surface area contributed by atoms with Gasteiger partial charge in [0.1, 0.15) is 0 Å². The summed E-state index contributed by atoms with van der Waals surface area (Å²) in [7, 11) is 0. The second-order valence-electron chi connectivity index (χ2n) is 6.74. The summed E-state index contributed by atoms with van der Waals surface area (Å²) in [5.41, 5.74) is 0.930. The molecule has 0 rings (SSSR count). The van der Waals surface area contributed by atoms with Gasteiger partial charge in [-0.15, -0.1) is 0 Å². The van der Waals surface area contributed by atoms with Crippen molar-refractivity contribution in [1.82, 2.24) is 20.4 Å². The quantitative estimate of drug-likeness (QED) is 0.217. The normalized spacial score (nSPS) is 9.93. The average Bonchev–Trinajstić information content (AvgIpc) is 2.67. The summed E-state index contributed by atoms with van der Waals surface area (Å²) in [5.74, 6) is -0.284. The van der Waals surface area contributed by atoms with E-state index < -0.39 is 0 Å². The predicted octanol–water partition coefficient (Wildman–Crippen LogP) is 0.848. The van der Waals surface area contributed by atoms with Crippen LogP contribution in [0.1, 0.15) is 39.5 Å². The van der Waals surface area contributed by atoms with Gasteiger partial charge in [0.05, 0.1) is 0 Å². The fraction of sp³-hybridized carbons (Fsp3) is 0.600. The van der Waals surface area contributed by atoms with Crippen molar-refractivity contribution in [2.24, 2.45) is 0 Å². The molecule has 0 bridgehead atoms. The van der Waals surface area contributed by atoms with Crippen LogP contribution in [0, 0.1) is 0 Å². The summed E-state index contributed by atoms with van der Waals surface area (Å²) in [6.07, 6.45) is 4.32. The summed E-state index contributed by atoms with van der Waals surface area (Å²) in [4.78, 5) is 48.5. The number of carbonyl (C=O) groups is 4. The Balaban J connectivity index is 4.27. The lowest BCUT2D eigenvalue weighted by Gasteiger charge is -2.24. The molecule has 0 radical (unpaired) electrons. The minimum Gasteiger partial charge on any atom is -0.359 e. The van der Waals surface area contributed by atoms with Gasteiger partial charge < -0.3 is 20.4 Å². The summed E-state index contributed by atoms with van der Waals surface area (Å²) < 4.78 is 0. The van der Waals surface area contributed by atoms with Gasteiger partial charge in [-0.05, 0) is 39.5 Å². The van der Waals surface area contributed by atoms with Gasteiger partial charge in [-0.25, -0.2) is 0 Å². The smallest absolute Gasteiger partial charge is 0.248 e. The van der Waals surface area contributed by atoms with Crippen LogP contribution in [-0.2, 0) is 19.2 Å². The first-order chi connectivity index (χ1) is 13.3. The van der Waals surface area contributed by atoms with Crippen molar-refractivity contribution >= 4 is 24.6 Å². The van der Waals surface area contributed by atoms with Crippen LogP contribution < -0.4 is 10.6 Å². The Hall–Kier alpha value is -2.64. The van der Waals surface area contributed by atoms with E-state index in [4.69, 9.17) is 0 Å². The molecular formula is C20H34N4O4. The van der Waals surface area contributed by atoms with Crippen molar-refractivity contribution in [2.75, 3.05) is 39.3 Å². The highest BCUT2D eigenvalue weighted by Gasteiger charge is 2.14. The van der Waals surface area contributed by atoms with E-state index in [1.807, 2.05) is 0 Å². The molecule has 4 amide bonds. The number of rotatable bonds is 17. The van der Waals surface area contributed by atoms with E-state index in [-0.39, 0.29) is 11.8 Å². The van der Waals surface area contributed by atoms with E-state index in [1.54, 1.807) is 23.6 Å². The zero-order valence-corrected chi connectivity index (χ0v) is 17.2. The van der Waals surface area contributed by atoms with Crippen molar-refractivity contribution in [3.63, 3.8) is 0 Å². The van der Waals surface area contributed by atoms with Crippen LogP contribution in [0.15, 0.2) is 24.3 Å². The van der Waals surface area contributed by atoms with Crippen LogP contribution in [-0.4, -0.2) is 73.7 Å². The number of unbranched alkanes of at least 4 members (excludes halogenated alkanes) is 1. The number of carbonyl (C=O) groups excluding carboxylic acids is 4. The number of nitrogens with one attached hydrogen (secondary N) is 2. The summed E-state index contributed by atoms with van der Waals surface area (Å²) >= 11 is 0. The third kappa shape index (κ3) is 11.9. The molecule has 0 aromatic rings. The maximum atomic E-state index is 12.3. The molecule has 0 unspecified atom stereocenters. The van der Waals surface area contributed by atoms with Gasteiger partial charge in [-0.3, -0.25) is 19.2 Å². The SMILES string of the molecule is C=C(C)C(=O)NCCCN(CCCCN(C=O)CCCNC=O)C(=O)C(=C)C. The first-order valence-electron chi connectivity index (χ1n) is 9.58. The van der Waals surface area contributed by atoms with Crippen molar-refractivity contribution < 1.29 is 19.2 Å². The molecule has 0 heterocycles. The molecule has 8 nitrogen and oxygen atoms in total. The van der Waals surface area contributed by atoms with E-state index >= 15 is 0 Å². The van der Waals surface area contributed by atoms with Gasteiger partial charge in [-0.2, -0.15) is 0 Å². The summed E-state index contributed by atoms with van der Waals surface area (Å²) in [6.45, 7) is 13.9. The van der Waals surface area contributed by atoms with Gasteiger partial charge in [0, 0.05) is 50.4 Å². The maximum absolute atomic E-state index is 12.3. The lowest BCUT2D eigenvalue weighted by molar-refractivity contribution is -0.127. The molecule has 0 aliphatic carbocycles. The Bertz CT molecular complexity index is 548. The highest BCUT2D eigenvalue weighted by molar-refractivity contribution is 5.92. The van der Waals surface area contributed by atoms with E-state index in [0.717, 1.165) is 19.3 Å². The van der Waals surface area contributed by atoms with Crippen molar-refractivity contribution in [3.05, 3.63) is 24.3 Å². The Kier molecular flexibility index (Phi) is 14.0. The first kappa shape index (κ1) is 25.4. The van der Waals surface area contributed by atoms with Crippen LogP contribution >= 0.6 is 0 Å². The fourth-order valence-electron chi connectivity index (χ4n) is 2.49. The molecule has 158 valence electrons. The maximum Gasteiger partial charge on any atom is 0.248 e. The molecule has 0 saturated heterocycles. The number of hydrogen-bond donors (Lipinski definition) is 2. The highest BCUT2D eigenvalue weighted by Crippen LogP contribution is 2.04. The van der Waals surface area contributed by atoms with Gasteiger partial charge >= 0.3 is 0 Å². The van der Waals surface area contributed by atoms with E-state index in [1.165, 1.54) is 0 Å². The lowest BCUT2D eigenvalue weighted by atomic mass is 10.2. The van der Waals surface area contributed by atoms with Gasteiger partial charge in [0.2, 0.25) is 24.6 Å². The predicted molar refractivity (Wildman–Crippen MR) is 109 cm³/mol. The molecule has 0 fully saturated rings. The minimum absolute atomic E-state index is 0.0987. The molecule has 2 N–H and O–H groups in total. The van der Waals surface area contributed by atoms with Crippen LogP contribution in [0.5, 0.6) is 0 Å². The fourth-order valence-corrected chi connectivity index (χ4v) is 2.49. The molecule has 0 aliphatic rings. The standard InChI is InChI=1S/C20H34N4O4/c1-17(2)19(27)22-10-8-14-24(20(28)18(3)4)13-6-5-11-23(16-26)12-7-9-21-15-25/h15-16H,1,3,5-14H2,2,4H3,(H,21,25)(H,22,27). The van der Waals surface area contributed by atoms with E-state index in [0.29, 0.717) is 69.7 Å². The lowest BCUT2D eigenvalue weighted by Crippen LogP contribution is -2.36. The molecule has 0 aromatic carbocycles. The molecule has 8 heteroatoms. The third-order valence-corrected chi connectivity index (χ3v) is 4.05. The van der Waals surface area contributed by atoms with Crippen molar-refractivity contribution in [2.45, 2.75) is 39.5 Å². The number of nitrogens with zero attached hydrogens (tertiary/aromatic N) is 2. The Labute approximate surface area is 168 Å². The van der Waals surface area contributed by atoms with E-state index in [2.05, 4.69) is 23.8 Å². The Morgan fingerprint density at radius 2 is 1.43 bits per heavy atom.